The van der Waals surface area contributed by atoms with Crippen LogP contribution in [0.3, 0.4) is 0 Å². The second-order valence-electron chi connectivity index (χ2n) is 5.09. The van der Waals surface area contributed by atoms with Crippen LogP contribution in [0.5, 0.6) is 0 Å². The maximum atomic E-state index is 13.3. The van der Waals surface area contributed by atoms with Crippen LogP contribution in [0.25, 0.3) is 0 Å². The van der Waals surface area contributed by atoms with Crippen LogP contribution in [0.15, 0.2) is 12.1 Å². The molecular formula is C13H16F3NO. The molecule has 0 heterocycles. The Morgan fingerprint density at radius 1 is 1.17 bits per heavy atom. The van der Waals surface area contributed by atoms with E-state index in [1.807, 2.05) is 0 Å². The molecule has 0 spiro atoms. The first-order valence-electron chi connectivity index (χ1n) is 5.64. The summed E-state index contributed by atoms with van der Waals surface area (Å²) in [7, 11) is 0. The summed E-state index contributed by atoms with van der Waals surface area (Å²) in [5.41, 5.74) is -0.491. The summed E-state index contributed by atoms with van der Waals surface area (Å²) < 4.78 is 38.9. The molecule has 0 saturated heterocycles. The van der Waals surface area contributed by atoms with Crippen molar-refractivity contribution in [1.29, 1.82) is 0 Å². The van der Waals surface area contributed by atoms with Crippen LogP contribution in [0.4, 0.5) is 13.2 Å². The van der Waals surface area contributed by atoms with Gasteiger partial charge in [0.05, 0.1) is 0 Å². The van der Waals surface area contributed by atoms with Crippen molar-refractivity contribution in [1.82, 2.24) is 5.32 Å². The number of hydrogen-bond donors (Lipinski definition) is 1. The Hall–Kier alpha value is -1.52. The van der Waals surface area contributed by atoms with Crippen LogP contribution in [-0.4, -0.2) is 12.5 Å². The number of benzene rings is 1. The lowest BCUT2D eigenvalue weighted by atomic mass is 9.95. The zero-order valence-corrected chi connectivity index (χ0v) is 10.6. The minimum atomic E-state index is -1.48. The van der Waals surface area contributed by atoms with Crippen LogP contribution in [0.2, 0.25) is 0 Å². The van der Waals surface area contributed by atoms with Gasteiger partial charge in [-0.1, -0.05) is 26.8 Å². The minimum Gasteiger partial charge on any atom is -0.355 e. The molecule has 1 aromatic rings. The van der Waals surface area contributed by atoms with E-state index in [2.05, 4.69) is 5.32 Å². The molecule has 0 radical (unpaired) electrons. The van der Waals surface area contributed by atoms with Gasteiger partial charge in [0.25, 0.3) is 0 Å². The largest absolute Gasteiger partial charge is 0.355 e. The van der Waals surface area contributed by atoms with Gasteiger partial charge in [0, 0.05) is 12.0 Å². The lowest BCUT2D eigenvalue weighted by molar-refractivity contribution is -0.128. The molecule has 0 saturated carbocycles. The first-order chi connectivity index (χ1) is 8.23. The molecule has 18 heavy (non-hydrogen) atoms. The van der Waals surface area contributed by atoms with Gasteiger partial charge in [-0.3, -0.25) is 4.79 Å². The van der Waals surface area contributed by atoms with E-state index in [1.54, 1.807) is 20.8 Å². The smallest absolute Gasteiger partial charge is 0.225 e. The zero-order chi connectivity index (χ0) is 13.9. The van der Waals surface area contributed by atoms with Gasteiger partial charge in [-0.15, -0.1) is 0 Å². The van der Waals surface area contributed by atoms with E-state index in [0.29, 0.717) is 0 Å². The van der Waals surface area contributed by atoms with Gasteiger partial charge in [0.1, 0.15) is 0 Å². The van der Waals surface area contributed by atoms with E-state index in [9.17, 15) is 18.0 Å². The van der Waals surface area contributed by atoms with Gasteiger partial charge >= 0.3 is 0 Å². The molecule has 0 aromatic heterocycles. The van der Waals surface area contributed by atoms with Gasteiger partial charge in [-0.25, -0.2) is 13.2 Å². The third-order valence-corrected chi connectivity index (χ3v) is 2.48. The maximum Gasteiger partial charge on any atom is 0.225 e. The third-order valence-electron chi connectivity index (χ3n) is 2.48. The van der Waals surface area contributed by atoms with Crippen LogP contribution in [0.1, 0.15) is 26.3 Å². The lowest BCUT2D eigenvalue weighted by Gasteiger charge is -2.17. The number of carbonyl (C=O) groups is 1. The van der Waals surface area contributed by atoms with E-state index >= 15 is 0 Å². The van der Waals surface area contributed by atoms with Gasteiger partial charge in [-0.05, 0) is 18.1 Å². The molecule has 0 unspecified atom stereocenters. The Morgan fingerprint density at radius 3 is 2.33 bits per heavy atom. The average Bonchev–Trinajstić information content (AvgIpc) is 2.27. The number of nitrogens with one attached hydrogen (secondary N) is 1. The van der Waals surface area contributed by atoms with E-state index < -0.39 is 22.9 Å². The molecule has 0 fully saturated rings. The van der Waals surface area contributed by atoms with Gasteiger partial charge in [0.15, 0.2) is 17.5 Å². The highest BCUT2D eigenvalue weighted by atomic mass is 19.2. The van der Waals surface area contributed by atoms with Crippen molar-refractivity contribution in [3.05, 3.63) is 35.1 Å². The number of rotatable bonds is 3. The minimum absolute atomic E-state index is 0.0445. The highest BCUT2D eigenvalue weighted by Gasteiger charge is 2.20. The van der Waals surface area contributed by atoms with Crippen molar-refractivity contribution in [3.63, 3.8) is 0 Å². The standard InChI is InChI=1S/C13H16F3NO/c1-13(2,3)12(18)17-7-6-8-4-5-9(14)11(16)10(8)15/h4-5H,6-7H2,1-3H3,(H,17,18). The Morgan fingerprint density at radius 2 is 1.78 bits per heavy atom. The van der Waals surface area contributed by atoms with Crippen LogP contribution >= 0.6 is 0 Å². The molecule has 2 nitrogen and oxygen atoms in total. The van der Waals surface area contributed by atoms with Gasteiger partial charge in [0.2, 0.25) is 5.91 Å². The predicted molar refractivity (Wildman–Crippen MR) is 62.5 cm³/mol. The topological polar surface area (TPSA) is 29.1 Å². The van der Waals surface area contributed by atoms with Crippen molar-refractivity contribution in [3.8, 4) is 0 Å². The first kappa shape index (κ1) is 14.5. The van der Waals surface area contributed by atoms with Crippen LogP contribution < -0.4 is 5.32 Å². The molecule has 0 aliphatic heterocycles. The molecule has 0 aliphatic rings. The molecule has 5 heteroatoms. The monoisotopic (exact) mass is 259 g/mol. The molecule has 100 valence electrons. The number of carbonyl (C=O) groups excluding carboxylic acids is 1. The maximum absolute atomic E-state index is 13.3. The van der Waals surface area contributed by atoms with E-state index in [-0.39, 0.29) is 24.4 Å². The number of hydrogen-bond acceptors (Lipinski definition) is 1. The van der Waals surface area contributed by atoms with Crippen LogP contribution in [-0.2, 0) is 11.2 Å². The summed E-state index contributed by atoms with van der Waals surface area (Å²) in [6.45, 7) is 5.43. The third kappa shape index (κ3) is 3.48. The van der Waals surface area contributed by atoms with Crippen LogP contribution in [0, 0.1) is 22.9 Å². The van der Waals surface area contributed by atoms with Crippen molar-refractivity contribution < 1.29 is 18.0 Å². The molecule has 1 aromatic carbocycles. The summed E-state index contributed by atoms with van der Waals surface area (Å²) in [6, 6.07) is 2.05. The Balaban J connectivity index is 2.61. The van der Waals surface area contributed by atoms with Crippen molar-refractivity contribution in [2.24, 2.45) is 5.41 Å². The fourth-order valence-electron chi connectivity index (χ4n) is 1.33. The summed E-state index contributed by atoms with van der Waals surface area (Å²) in [5, 5.41) is 2.61. The van der Waals surface area contributed by atoms with Crippen molar-refractivity contribution in [2.45, 2.75) is 27.2 Å². The molecule has 0 atom stereocenters. The highest BCUT2D eigenvalue weighted by Crippen LogP contribution is 2.16. The fraction of sp³-hybridized carbons (Fsp3) is 0.462. The van der Waals surface area contributed by atoms with E-state index in [0.717, 1.165) is 6.07 Å². The molecule has 1 N–H and O–H groups in total. The second-order valence-corrected chi connectivity index (χ2v) is 5.09. The average molecular weight is 259 g/mol. The molecular weight excluding hydrogens is 243 g/mol. The molecule has 1 amide bonds. The zero-order valence-electron chi connectivity index (χ0n) is 10.6. The first-order valence-corrected chi connectivity index (χ1v) is 5.64. The van der Waals surface area contributed by atoms with E-state index in [4.69, 9.17) is 0 Å². The normalized spacial score (nSPS) is 11.4. The summed E-state index contributed by atoms with van der Waals surface area (Å²) >= 11 is 0. The lowest BCUT2D eigenvalue weighted by Crippen LogP contribution is -2.36. The Bertz CT molecular complexity index is 452. The Kier molecular flexibility index (Phi) is 4.38. The highest BCUT2D eigenvalue weighted by molar-refractivity contribution is 5.81. The van der Waals surface area contributed by atoms with E-state index in [1.165, 1.54) is 6.07 Å². The quantitative estimate of drug-likeness (QED) is 0.831. The second kappa shape index (κ2) is 5.42. The van der Waals surface area contributed by atoms with Gasteiger partial charge < -0.3 is 5.32 Å². The predicted octanol–water partition coefficient (Wildman–Crippen LogP) is 2.81. The number of amides is 1. The summed E-state index contributed by atoms with van der Waals surface area (Å²) in [6.07, 6.45) is 0.116. The molecule has 1 rings (SSSR count). The summed E-state index contributed by atoms with van der Waals surface area (Å²) in [5.74, 6) is -4.06. The van der Waals surface area contributed by atoms with Gasteiger partial charge in [-0.2, -0.15) is 0 Å². The molecule has 0 bridgehead atoms. The molecule has 0 aliphatic carbocycles. The van der Waals surface area contributed by atoms with Crippen molar-refractivity contribution in [2.75, 3.05) is 6.54 Å². The fourth-order valence-corrected chi connectivity index (χ4v) is 1.33. The van der Waals surface area contributed by atoms with Crippen molar-refractivity contribution >= 4 is 5.91 Å². The SMILES string of the molecule is CC(C)(C)C(=O)NCCc1ccc(F)c(F)c1F. The number of halogens is 3. The Labute approximate surface area is 104 Å². The summed E-state index contributed by atoms with van der Waals surface area (Å²) in [4.78, 5) is 11.5.